The SMILES string of the molecule is COc1ccc(NC(=O)c2sc(C(C)C)nc2C)cc1C(=O)N(C)C. The monoisotopic (exact) mass is 361 g/mol. The summed E-state index contributed by atoms with van der Waals surface area (Å²) in [5, 5.41) is 3.77. The number of aromatic nitrogens is 1. The summed E-state index contributed by atoms with van der Waals surface area (Å²) >= 11 is 1.39. The fraction of sp³-hybridized carbons (Fsp3) is 0.389. The molecular formula is C18H23N3O3S. The molecule has 0 atom stereocenters. The highest BCUT2D eigenvalue weighted by molar-refractivity contribution is 7.14. The lowest BCUT2D eigenvalue weighted by atomic mass is 10.1. The van der Waals surface area contributed by atoms with Gasteiger partial charge in [0.25, 0.3) is 11.8 Å². The van der Waals surface area contributed by atoms with Crippen molar-refractivity contribution in [1.29, 1.82) is 0 Å². The van der Waals surface area contributed by atoms with Gasteiger partial charge in [-0.25, -0.2) is 4.98 Å². The first-order chi connectivity index (χ1) is 11.7. The van der Waals surface area contributed by atoms with E-state index in [9.17, 15) is 9.59 Å². The Morgan fingerprint density at radius 2 is 1.96 bits per heavy atom. The third-order valence-corrected chi connectivity index (χ3v) is 5.06. The van der Waals surface area contributed by atoms with Crippen LogP contribution in [0.5, 0.6) is 5.75 Å². The predicted molar refractivity (Wildman–Crippen MR) is 99.9 cm³/mol. The lowest BCUT2D eigenvalue weighted by Crippen LogP contribution is -2.22. The molecule has 2 aromatic rings. The Morgan fingerprint density at radius 1 is 1.28 bits per heavy atom. The van der Waals surface area contributed by atoms with Crippen molar-refractivity contribution in [3.63, 3.8) is 0 Å². The van der Waals surface area contributed by atoms with E-state index < -0.39 is 0 Å². The molecular weight excluding hydrogens is 338 g/mol. The van der Waals surface area contributed by atoms with Crippen LogP contribution >= 0.6 is 11.3 Å². The van der Waals surface area contributed by atoms with E-state index >= 15 is 0 Å². The van der Waals surface area contributed by atoms with Crippen molar-refractivity contribution in [3.05, 3.63) is 39.3 Å². The zero-order valence-corrected chi connectivity index (χ0v) is 16.2. The van der Waals surface area contributed by atoms with Crippen LogP contribution in [0.15, 0.2) is 18.2 Å². The number of amides is 2. The number of aryl methyl sites for hydroxylation is 1. The molecule has 2 rings (SSSR count). The van der Waals surface area contributed by atoms with Crippen molar-refractivity contribution < 1.29 is 14.3 Å². The number of thiazole rings is 1. The lowest BCUT2D eigenvalue weighted by Gasteiger charge is -2.15. The first-order valence-corrected chi connectivity index (χ1v) is 8.74. The van der Waals surface area contributed by atoms with Crippen LogP contribution in [0.1, 0.15) is 50.5 Å². The highest BCUT2D eigenvalue weighted by atomic mass is 32.1. The summed E-state index contributed by atoms with van der Waals surface area (Å²) in [5.74, 6) is 0.322. The number of ether oxygens (including phenoxy) is 1. The number of benzene rings is 1. The summed E-state index contributed by atoms with van der Waals surface area (Å²) in [6.45, 7) is 5.91. The minimum Gasteiger partial charge on any atom is -0.496 e. The van der Waals surface area contributed by atoms with Gasteiger partial charge < -0.3 is 15.0 Å². The average molecular weight is 361 g/mol. The number of carbonyl (C=O) groups is 2. The third kappa shape index (κ3) is 4.17. The Kier molecular flexibility index (Phi) is 5.79. The number of nitrogens with zero attached hydrogens (tertiary/aromatic N) is 2. The molecule has 0 bridgehead atoms. The summed E-state index contributed by atoms with van der Waals surface area (Å²) in [5.41, 5.74) is 1.65. The molecule has 0 radical (unpaired) electrons. The van der Waals surface area contributed by atoms with E-state index in [2.05, 4.69) is 10.3 Å². The Morgan fingerprint density at radius 3 is 2.48 bits per heavy atom. The molecule has 0 aliphatic rings. The van der Waals surface area contributed by atoms with Crippen LogP contribution in [0.25, 0.3) is 0 Å². The minimum atomic E-state index is -0.227. The molecule has 2 amide bonds. The predicted octanol–water partition coefficient (Wildman–Crippen LogP) is 3.54. The van der Waals surface area contributed by atoms with Gasteiger partial charge in [-0.2, -0.15) is 0 Å². The highest BCUT2D eigenvalue weighted by Gasteiger charge is 2.19. The highest BCUT2D eigenvalue weighted by Crippen LogP contribution is 2.27. The molecule has 1 aromatic heterocycles. The number of anilines is 1. The third-order valence-electron chi connectivity index (χ3n) is 3.61. The van der Waals surface area contributed by atoms with Gasteiger partial charge >= 0.3 is 0 Å². The second-order valence-electron chi connectivity index (χ2n) is 6.19. The number of carbonyl (C=O) groups excluding carboxylic acids is 2. The zero-order chi connectivity index (χ0) is 18.7. The van der Waals surface area contributed by atoms with Crippen LogP contribution in [0.3, 0.4) is 0 Å². The van der Waals surface area contributed by atoms with Gasteiger partial charge in [-0.1, -0.05) is 13.8 Å². The molecule has 1 aromatic carbocycles. The van der Waals surface area contributed by atoms with Crippen molar-refractivity contribution in [1.82, 2.24) is 9.88 Å². The summed E-state index contributed by atoms with van der Waals surface area (Å²) < 4.78 is 5.24. The number of nitrogens with one attached hydrogen (secondary N) is 1. The van der Waals surface area contributed by atoms with Crippen LogP contribution in [0.4, 0.5) is 5.69 Å². The van der Waals surface area contributed by atoms with Crippen LogP contribution < -0.4 is 10.1 Å². The van der Waals surface area contributed by atoms with Crippen molar-refractivity contribution in [3.8, 4) is 5.75 Å². The van der Waals surface area contributed by atoms with Crippen molar-refractivity contribution in [2.45, 2.75) is 26.7 Å². The summed E-state index contributed by atoms with van der Waals surface area (Å²) in [6.07, 6.45) is 0. The number of rotatable bonds is 5. The fourth-order valence-electron chi connectivity index (χ4n) is 2.26. The Hall–Kier alpha value is -2.41. The van der Waals surface area contributed by atoms with Gasteiger partial charge in [-0.05, 0) is 25.1 Å². The molecule has 6 nitrogen and oxygen atoms in total. The molecule has 1 N–H and O–H groups in total. The smallest absolute Gasteiger partial charge is 0.267 e. The maximum Gasteiger partial charge on any atom is 0.267 e. The summed E-state index contributed by atoms with van der Waals surface area (Å²) in [7, 11) is 4.84. The van der Waals surface area contributed by atoms with Crippen LogP contribution in [-0.2, 0) is 0 Å². The standard InChI is InChI=1S/C18H23N3O3S/c1-10(2)17-19-11(3)15(25-17)16(22)20-12-7-8-14(24-6)13(9-12)18(23)21(4)5/h7-10H,1-6H3,(H,20,22). The van der Waals surface area contributed by atoms with E-state index in [4.69, 9.17) is 4.74 Å². The number of hydrogen-bond donors (Lipinski definition) is 1. The van der Waals surface area contributed by atoms with Gasteiger partial charge in [0.2, 0.25) is 0 Å². The van der Waals surface area contributed by atoms with E-state index in [1.165, 1.54) is 23.3 Å². The fourth-order valence-corrected chi connectivity index (χ4v) is 3.22. The Balaban J connectivity index is 2.29. The van der Waals surface area contributed by atoms with Crippen molar-refractivity contribution >= 4 is 28.8 Å². The molecule has 0 saturated heterocycles. The normalized spacial score (nSPS) is 10.7. The summed E-state index contributed by atoms with van der Waals surface area (Å²) in [4.78, 5) is 31.4. The quantitative estimate of drug-likeness (QED) is 0.884. The van der Waals surface area contributed by atoms with Gasteiger partial charge in [0.15, 0.2) is 0 Å². The van der Waals surface area contributed by atoms with Crippen molar-refractivity contribution in [2.75, 3.05) is 26.5 Å². The van der Waals surface area contributed by atoms with E-state index in [1.807, 2.05) is 20.8 Å². The average Bonchev–Trinajstić information content (AvgIpc) is 2.96. The molecule has 0 saturated carbocycles. The number of hydrogen-bond acceptors (Lipinski definition) is 5. The van der Waals surface area contributed by atoms with Gasteiger partial charge in [0, 0.05) is 25.7 Å². The zero-order valence-electron chi connectivity index (χ0n) is 15.3. The molecule has 0 unspecified atom stereocenters. The minimum absolute atomic E-state index is 0.191. The Bertz CT molecular complexity index is 797. The molecule has 0 aliphatic heterocycles. The topological polar surface area (TPSA) is 71.5 Å². The van der Waals surface area contributed by atoms with Crippen LogP contribution in [0, 0.1) is 6.92 Å². The second kappa shape index (κ2) is 7.65. The first kappa shape index (κ1) is 18.9. The van der Waals surface area contributed by atoms with E-state index in [1.54, 1.807) is 32.3 Å². The van der Waals surface area contributed by atoms with Gasteiger partial charge in [-0.3, -0.25) is 9.59 Å². The molecule has 7 heteroatoms. The molecule has 1 heterocycles. The largest absolute Gasteiger partial charge is 0.496 e. The van der Waals surface area contributed by atoms with E-state index in [0.29, 0.717) is 27.6 Å². The van der Waals surface area contributed by atoms with Crippen molar-refractivity contribution in [2.24, 2.45) is 0 Å². The lowest BCUT2D eigenvalue weighted by molar-refractivity contribution is 0.0824. The molecule has 0 spiro atoms. The maximum atomic E-state index is 12.6. The Labute approximate surface area is 151 Å². The van der Waals surface area contributed by atoms with E-state index in [-0.39, 0.29) is 17.7 Å². The molecule has 0 aliphatic carbocycles. The molecule has 25 heavy (non-hydrogen) atoms. The maximum absolute atomic E-state index is 12.6. The van der Waals surface area contributed by atoms with E-state index in [0.717, 1.165) is 5.01 Å². The van der Waals surface area contributed by atoms with Crippen LogP contribution in [0.2, 0.25) is 0 Å². The number of methoxy groups -OCH3 is 1. The molecule has 134 valence electrons. The van der Waals surface area contributed by atoms with Gasteiger partial charge in [0.05, 0.1) is 23.4 Å². The van der Waals surface area contributed by atoms with Gasteiger partial charge in [0.1, 0.15) is 10.6 Å². The first-order valence-electron chi connectivity index (χ1n) is 7.93. The van der Waals surface area contributed by atoms with Gasteiger partial charge in [-0.15, -0.1) is 11.3 Å². The second-order valence-corrected chi connectivity index (χ2v) is 7.22. The molecule has 0 fully saturated rings. The summed E-state index contributed by atoms with van der Waals surface area (Å²) in [6, 6.07) is 5.01. The van der Waals surface area contributed by atoms with Crippen LogP contribution in [-0.4, -0.2) is 42.9 Å².